The van der Waals surface area contributed by atoms with E-state index < -0.39 is 0 Å². The van der Waals surface area contributed by atoms with Crippen LogP contribution in [-0.4, -0.2) is 30.4 Å². The highest BCUT2D eigenvalue weighted by atomic mass is 35.5. The zero-order chi connectivity index (χ0) is 21.6. The predicted octanol–water partition coefficient (Wildman–Crippen LogP) is 5.77. The Bertz CT molecular complexity index is 1160. The van der Waals surface area contributed by atoms with Gasteiger partial charge >= 0.3 is 0 Å². The van der Waals surface area contributed by atoms with Crippen molar-refractivity contribution in [1.29, 1.82) is 0 Å². The van der Waals surface area contributed by atoms with Crippen LogP contribution in [0.5, 0.6) is 17.2 Å². The van der Waals surface area contributed by atoms with E-state index in [1.165, 1.54) is 0 Å². The molecule has 0 saturated heterocycles. The molecule has 0 saturated carbocycles. The molecule has 0 atom stereocenters. The molecule has 0 aliphatic heterocycles. The number of aromatic nitrogens is 2. The number of nitrogens with zero attached hydrogens (tertiary/aromatic N) is 2. The van der Waals surface area contributed by atoms with E-state index in [2.05, 4.69) is 16.7 Å². The van der Waals surface area contributed by atoms with Gasteiger partial charge in [-0.05, 0) is 60.5 Å². The molecule has 0 fully saturated rings. The molecule has 0 radical (unpaired) electrons. The highest BCUT2D eigenvalue weighted by Crippen LogP contribution is 2.29. The Morgan fingerprint density at radius 3 is 2.45 bits per heavy atom. The van der Waals surface area contributed by atoms with Crippen LogP contribution >= 0.6 is 11.6 Å². The summed E-state index contributed by atoms with van der Waals surface area (Å²) < 4.78 is 18.9. The Morgan fingerprint density at radius 2 is 1.68 bits per heavy atom. The Hall–Kier alpha value is -3.18. The van der Waals surface area contributed by atoms with Crippen molar-refractivity contribution in [3.63, 3.8) is 0 Å². The molecule has 160 valence electrons. The summed E-state index contributed by atoms with van der Waals surface area (Å²) in [7, 11) is 3.29. The molecule has 6 heteroatoms. The summed E-state index contributed by atoms with van der Waals surface area (Å²) in [6.07, 6.45) is 1.56. The summed E-state index contributed by atoms with van der Waals surface area (Å²) in [5.41, 5.74) is 3.24. The number of rotatable bonds is 9. The van der Waals surface area contributed by atoms with Crippen molar-refractivity contribution in [3.8, 4) is 17.2 Å². The second kappa shape index (κ2) is 9.75. The SMILES string of the molecule is COc1ccc(Cc2nc3ccccc3n2CCCOc2ccc(Cl)cc2)cc1OC. The monoisotopic (exact) mass is 436 g/mol. The van der Waals surface area contributed by atoms with E-state index in [1.807, 2.05) is 54.6 Å². The van der Waals surface area contributed by atoms with Gasteiger partial charge in [0, 0.05) is 18.0 Å². The highest BCUT2D eigenvalue weighted by molar-refractivity contribution is 6.30. The van der Waals surface area contributed by atoms with E-state index >= 15 is 0 Å². The number of halogens is 1. The van der Waals surface area contributed by atoms with Crippen LogP contribution in [-0.2, 0) is 13.0 Å². The summed E-state index contributed by atoms with van der Waals surface area (Å²) in [6, 6.07) is 21.7. The van der Waals surface area contributed by atoms with Crippen LogP contribution in [0.3, 0.4) is 0 Å². The van der Waals surface area contributed by atoms with Gasteiger partial charge in [0.2, 0.25) is 0 Å². The number of para-hydroxylation sites is 2. The largest absolute Gasteiger partial charge is 0.494 e. The van der Waals surface area contributed by atoms with Gasteiger partial charge in [0.25, 0.3) is 0 Å². The lowest BCUT2D eigenvalue weighted by molar-refractivity contribution is 0.302. The van der Waals surface area contributed by atoms with Gasteiger partial charge in [0.05, 0.1) is 31.9 Å². The van der Waals surface area contributed by atoms with Crippen LogP contribution in [0, 0.1) is 0 Å². The summed E-state index contributed by atoms with van der Waals surface area (Å²) in [5.74, 6) is 3.28. The highest BCUT2D eigenvalue weighted by Gasteiger charge is 2.13. The zero-order valence-electron chi connectivity index (χ0n) is 17.7. The van der Waals surface area contributed by atoms with Crippen LogP contribution in [0.15, 0.2) is 66.7 Å². The molecule has 0 N–H and O–H groups in total. The average Bonchev–Trinajstić information content (AvgIpc) is 3.14. The van der Waals surface area contributed by atoms with Gasteiger partial charge < -0.3 is 18.8 Å². The number of methoxy groups -OCH3 is 2. The third-order valence-corrected chi connectivity index (χ3v) is 5.40. The van der Waals surface area contributed by atoms with Crippen LogP contribution in [0.1, 0.15) is 17.8 Å². The first-order valence-electron chi connectivity index (χ1n) is 10.2. The lowest BCUT2D eigenvalue weighted by atomic mass is 10.1. The molecule has 0 bridgehead atoms. The minimum Gasteiger partial charge on any atom is -0.494 e. The molecule has 4 aromatic rings. The smallest absolute Gasteiger partial charge is 0.161 e. The van der Waals surface area contributed by atoms with E-state index in [9.17, 15) is 0 Å². The lowest BCUT2D eigenvalue weighted by Crippen LogP contribution is -2.08. The third kappa shape index (κ3) is 4.94. The van der Waals surface area contributed by atoms with Crippen LogP contribution in [0.4, 0.5) is 0 Å². The minimum atomic E-state index is 0.615. The number of ether oxygens (including phenoxy) is 3. The van der Waals surface area contributed by atoms with Crippen molar-refractivity contribution in [2.24, 2.45) is 0 Å². The van der Waals surface area contributed by atoms with Gasteiger partial charge in [-0.1, -0.05) is 29.8 Å². The normalized spacial score (nSPS) is 10.9. The maximum Gasteiger partial charge on any atom is 0.161 e. The van der Waals surface area contributed by atoms with Gasteiger partial charge in [0.15, 0.2) is 11.5 Å². The van der Waals surface area contributed by atoms with Gasteiger partial charge in [-0.3, -0.25) is 0 Å². The van der Waals surface area contributed by atoms with Crippen molar-refractivity contribution in [2.75, 3.05) is 20.8 Å². The zero-order valence-corrected chi connectivity index (χ0v) is 18.4. The molecule has 0 amide bonds. The number of aryl methyl sites for hydroxylation is 1. The van der Waals surface area contributed by atoms with Crippen molar-refractivity contribution in [2.45, 2.75) is 19.4 Å². The second-order valence-electron chi connectivity index (χ2n) is 7.19. The molecule has 0 spiro atoms. The number of fused-ring (bicyclic) bond motifs is 1. The lowest BCUT2D eigenvalue weighted by Gasteiger charge is -2.12. The summed E-state index contributed by atoms with van der Waals surface area (Å²) >= 11 is 5.94. The van der Waals surface area contributed by atoms with Gasteiger partial charge in [0.1, 0.15) is 11.6 Å². The molecule has 5 nitrogen and oxygen atoms in total. The Labute approximate surface area is 187 Å². The van der Waals surface area contributed by atoms with Crippen molar-refractivity contribution in [3.05, 3.63) is 83.1 Å². The van der Waals surface area contributed by atoms with E-state index in [4.69, 9.17) is 30.8 Å². The summed E-state index contributed by atoms with van der Waals surface area (Å²) in [6.45, 7) is 1.43. The molecule has 1 heterocycles. The summed E-state index contributed by atoms with van der Waals surface area (Å²) in [5, 5.41) is 0.706. The molecule has 0 aliphatic carbocycles. The number of hydrogen-bond acceptors (Lipinski definition) is 4. The van der Waals surface area contributed by atoms with Gasteiger partial charge in [-0.15, -0.1) is 0 Å². The quantitative estimate of drug-likeness (QED) is 0.312. The second-order valence-corrected chi connectivity index (χ2v) is 7.63. The maximum absolute atomic E-state index is 5.94. The molecule has 4 rings (SSSR count). The van der Waals surface area contributed by atoms with Crippen LogP contribution < -0.4 is 14.2 Å². The molecule has 0 unspecified atom stereocenters. The fraction of sp³-hybridized carbons (Fsp3) is 0.240. The van der Waals surface area contributed by atoms with Crippen molar-refractivity contribution in [1.82, 2.24) is 9.55 Å². The molecule has 1 aromatic heterocycles. The standard InChI is InChI=1S/C25H25ClN2O3/c1-29-23-13-8-18(16-24(23)30-2)17-25-27-21-6-3-4-7-22(21)28(25)14-5-15-31-20-11-9-19(26)10-12-20/h3-4,6-13,16H,5,14-15,17H2,1-2H3. The van der Waals surface area contributed by atoms with Gasteiger partial charge in [-0.2, -0.15) is 0 Å². The number of benzene rings is 3. The fourth-order valence-corrected chi connectivity index (χ4v) is 3.75. The average molecular weight is 437 g/mol. The predicted molar refractivity (Wildman–Crippen MR) is 124 cm³/mol. The topological polar surface area (TPSA) is 45.5 Å². The van der Waals surface area contributed by atoms with Crippen molar-refractivity contribution >= 4 is 22.6 Å². The van der Waals surface area contributed by atoms with E-state index in [-0.39, 0.29) is 0 Å². The van der Waals surface area contributed by atoms with E-state index in [1.54, 1.807) is 14.2 Å². The Kier molecular flexibility index (Phi) is 6.63. The van der Waals surface area contributed by atoms with E-state index in [0.717, 1.165) is 52.6 Å². The first-order valence-corrected chi connectivity index (χ1v) is 10.6. The van der Waals surface area contributed by atoms with Crippen LogP contribution in [0.25, 0.3) is 11.0 Å². The summed E-state index contributed by atoms with van der Waals surface area (Å²) in [4.78, 5) is 4.89. The number of imidazole rings is 1. The Morgan fingerprint density at radius 1 is 0.903 bits per heavy atom. The fourth-order valence-electron chi connectivity index (χ4n) is 3.63. The van der Waals surface area contributed by atoms with Gasteiger partial charge in [-0.25, -0.2) is 4.98 Å². The minimum absolute atomic E-state index is 0.615. The van der Waals surface area contributed by atoms with E-state index in [0.29, 0.717) is 18.1 Å². The molecule has 3 aromatic carbocycles. The maximum atomic E-state index is 5.94. The first-order chi connectivity index (χ1) is 15.2. The molecule has 0 aliphatic rings. The molecular weight excluding hydrogens is 412 g/mol. The number of hydrogen-bond donors (Lipinski definition) is 0. The first kappa shape index (κ1) is 21.1. The van der Waals surface area contributed by atoms with Crippen LogP contribution in [0.2, 0.25) is 5.02 Å². The molecule has 31 heavy (non-hydrogen) atoms. The third-order valence-electron chi connectivity index (χ3n) is 5.15. The Balaban J connectivity index is 1.51. The van der Waals surface area contributed by atoms with Crippen molar-refractivity contribution < 1.29 is 14.2 Å². The molecular formula is C25H25ClN2O3.